The summed E-state index contributed by atoms with van der Waals surface area (Å²) in [4.78, 5) is 17.9. The monoisotopic (exact) mass is 274 g/mol. The highest BCUT2D eigenvalue weighted by molar-refractivity contribution is 6.32. The number of fused-ring (bicyclic) bond motifs is 1. The van der Waals surface area contributed by atoms with Gasteiger partial charge in [0.05, 0.1) is 6.54 Å². The second-order valence-corrected chi connectivity index (χ2v) is 5.53. The molecule has 0 unspecified atom stereocenters. The van der Waals surface area contributed by atoms with E-state index in [0.717, 1.165) is 17.7 Å². The average Bonchev–Trinajstić information content (AvgIpc) is 2.38. The second-order valence-electron chi connectivity index (χ2n) is 5.53. The van der Waals surface area contributed by atoms with Gasteiger partial charge in [0.2, 0.25) is 0 Å². The summed E-state index contributed by atoms with van der Waals surface area (Å²) in [6, 6.07) is 1.87. The van der Waals surface area contributed by atoms with Gasteiger partial charge in [-0.25, -0.2) is 4.79 Å². The topological polar surface area (TPSA) is 42.4 Å². The minimum absolute atomic E-state index is 0.282. The molecule has 1 aromatic rings. The lowest BCUT2D eigenvalue weighted by atomic mass is 9.94. The van der Waals surface area contributed by atoms with Crippen LogP contribution in [0, 0.1) is 0 Å². The van der Waals surface area contributed by atoms with Gasteiger partial charge in [0.15, 0.2) is 0 Å². The van der Waals surface area contributed by atoms with Crippen LogP contribution >= 0.6 is 0 Å². The molecule has 2 radical (unpaired) electrons. The van der Waals surface area contributed by atoms with Gasteiger partial charge in [0.1, 0.15) is 13.4 Å². The minimum atomic E-state index is -0.467. The molecule has 0 N–H and O–H groups in total. The van der Waals surface area contributed by atoms with Gasteiger partial charge in [-0.05, 0) is 26.3 Å². The smallest absolute Gasteiger partial charge is 0.410 e. The lowest BCUT2D eigenvalue weighted by Crippen LogP contribution is -2.40. The fraction of sp³-hybridized carbons (Fsp3) is 0.600. The molecule has 0 saturated carbocycles. The van der Waals surface area contributed by atoms with Crippen LogP contribution in [0.25, 0.3) is 0 Å². The molecule has 20 heavy (non-hydrogen) atoms. The van der Waals surface area contributed by atoms with Gasteiger partial charge in [-0.3, -0.25) is 4.98 Å². The molecule has 108 valence electrons. The summed E-state index contributed by atoms with van der Waals surface area (Å²) in [7, 11) is 5.71. The van der Waals surface area contributed by atoms with Crippen molar-refractivity contribution in [2.24, 2.45) is 0 Å². The van der Waals surface area contributed by atoms with Crippen molar-refractivity contribution in [3.8, 4) is 0 Å². The number of hydrogen-bond acceptors (Lipinski definition) is 3. The van der Waals surface area contributed by atoms with Crippen LogP contribution in [0.15, 0.2) is 12.3 Å². The third-order valence-corrected chi connectivity index (χ3v) is 2.71. The van der Waals surface area contributed by atoms with Crippen molar-refractivity contribution in [1.29, 1.82) is 0 Å². The fourth-order valence-electron chi connectivity index (χ4n) is 1.93. The summed E-state index contributed by atoms with van der Waals surface area (Å²) in [5.41, 5.74) is 2.18. The van der Waals surface area contributed by atoms with Crippen LogP contribution in [-0.2, 0) is 17.7 Å². The molecule has 0 saturated heterocycles. The maximum absolute atomic E-state index is 12.0. The Bertz CT molecular complexity index is 469. The second kappa shape index (κ2) is 6.77. The first-order valence-electron chi connectivity index (χ1n) is 7.06. The van der Waals surface area contributed by atoms with E-state index in [1.807, 2.05) is 40.7 Å². The van der Waals surface area contributed by atoms with Crippen LogP contribution in [-0.4, -0.2) is 36.0 Å². The summed E-state index contributed by atoms with van der Waals surface area (Å²) in [5.74, 6) is 0. The van der Waals surface area contributed by atoms with E-state index in [-0.39, 0.29) is 6.09 Å². The van der Waals surface area contributed by atoms with Gasteiger partial charge in [-0.1, -0.05) is 25.4 Å². The number of carbonyl (C=O) groups is 1. The van der Waals surface area contributed by atoms with Crippen LogP contribution in [0.3, 0.4) is 0 Å². The van der Waals surface area contributed by atoms with Crippen molar-refractivity contribution < 1.29 is 9.53 Å². The van der Waals surface area contributed by atoms with Gasteiger partial charge >= 0.3 is 6.09 Å². The molecule has 1 aliphatic heterocycles. The fourth-order valence-corrected chi connectivity index (χ4v) is 1.93. The molecular weight excluding hydrogens is 251 g/mol. The molecule has 0 atom stereocenters. The third-order valence-electron chi connectivity index (χ3n) is 2.71. The molecule has 1 aliphatic rings. The summed E-state index contributed by atoms with van der Waals surface area (Å²) in [5, 5.41) is 0. The van der Waals surface area contributed by atoms with E-state index < -0.39 is 5.60 Å². The lowest BCUT2D eigenvalue weighted by molar-refractivity contribution is 0.0223. The summed E-state index contributed by atoms with van der Waals surface area (Å²) in [6.45, 7) is 10.7. The zero-order valence-electron chi connectivity index (χ0n) is 13.1. The van der Waals surface area contributed by atoms with E-state index >= 15 is 0 Å². The van der Waals surface area contributed by atoms with Crippen molar-refractivity contribution in [2.45, 2.75) is 53.2 Å². The Balaban J connectivity index is 0.000000956. The zero-order valence-corrected chi connectivity index (χ0v) is 13.1. The Kier molecular flexibility index (Phi) is 5.60. The van der Waals surface area contributed by atoms with Crippen LogP contribution < -0.4 is 5.46 Å². The predicted octanol–water partition coefficient (Wildman–Crippen LogP) is 2.19. The van der Waals surface area contributed by atoms with Gasteiger partial charge in [-0.2, -0.15) is 0 Å². The van der Waals surface area contributed by atoms with Gasteiger partial charge < -0.3 is 9.64 Å². The first kappa shape index (κ1) is 16.5. The summed E-state index contributed by atoms with van der Waals surface area (Å²) < 4.78 is 5.36. The van der Waals surface area contributed by atoms with E-state index in [1.54, 1.807) is 11.1 Å². The van der Waals surface area contributed by atoms with E-state index in [1.165, 1.54) is 0 Å². The van der Waals surface area contributed by atoms with Crippen LogP contribution in [0.2, 0.25) is 0 Å². The third kappa shape index (κ3) is 4.55. The molecule has 2 heterocycles. The van der Waals surface area contributed by atoms with Crippen molar-refractivity contribution in [3.63, 3.8) is 0 Å². The molecule has 0 aliphatic carbocycles. The molecule has 4 nitrogen and oxygen atoms in total. The molecule has 1 aromatic heterocycles. The lowest BCUT2D eigenvalue weighted by Gasteiger charge is -2.30. The maximum Gasteiger partial charge on any atom is 0.410 e. The first-order valence-corrected chi connectivity index (χ1v) is 7.06. The van der Waals surface area contributed by atoms with Crippen molar-refractivity contribution >= 4 is 19.4 Å². The first-order chi connectivity index (χ1) is 9.35. The van der Waals surface area contributed by atoms with Crippen molar-refractivity contribution in [3.05, 3.63) is 23.5 Å². The Morgan fingerprint density at radius 3 is 2.65 bits per heavy atom. The molecule has 0 aromatic carbocycles. The average molecular weight is 274 g/mol. The molecule has 5 heteroatoms. The van der Waals surface area contributed by atoms with E-state index in [9.17, 15) is 4.79 Å². The number of hydrogen-bond donors (Lipinski definition) is 0. The van der Waals surface area contributed by atoms with Crippen LogP contribution in [0.1, 0.15) is 45.9 Å². The number of ether oxygens (including phenoxy) is 1. The predicted molar refractivity (Wildman–Crippen MR) is 81.3 cm³/mol. The highest BCUT2D eigenvalue weighted by Gasteiger charge is 2.25. The Morgan fingerprint density at radius 1 is 1.40 bits per heavy atom. The molecule has 0 spiro atoms. The van der Waals surface area contributed by atoms with Crippen molar-refractivity contribution in [1.82, 2.24) is 9.88 Å². The van der Waals surface area contributed by atoms with E-state index in [0.29, 0.717) is 18.6 Å². The number of amides is 1. The maximum atomic E-state index is 12.0. The highest BCUT2D eigenvalue weighted by atomic mass is 16.6. The number of carbonyl (C=O) groups excluding carboxylic acids is 1. The molecule has 0 bridgehead atoms. The zero-order chi connectivity index (χ0) is 15.3. The minimum Gasteiger partial charge on any atom is -0.444 e. The number of nitrogens with zero attached hydrogens (tertiary/aromatic N) is 2. The molecule has 1 amide bonds. The normalized spacial score (nSPS) is 13.9. The largest absolute Gasteiger partial charge is 0.444 e. The van der Waals surface area contributed by atoms with Crippen molar-refractivity contribution in [2.75, 3.05) is 6.54 Å². The number of pyridine rings is 1. The van der Waals surface area contributed by atoms with Gasteiger partial charge in [0.25, 0.3) is 0 Å². The van der Waals surface area contributed by atoms with Gasteiger partial charge in [0, 0.05) is 24.9 Å². The number of rotatable bonds is 0. The van der Waals surface area contributed by atoms with Crippen LogP contribution in [0.4, 0.5) is 4.79 Å². The highest BCUT2D eigenvalue weighted by Crippen LogP contribution is 2.18. The van der Waals surface area contributed by atoms with E-state index in [2.05, 4.69) is 4.98 Å². The SMILES string of the molecule is CC.[B]c1cnc2c(c1)CN(C(=O)OC(C)(C)C)CC2. The summed E-state index contributed by atoms with van der Waals surface area (Å²) in [6.07, 6.45) is 2.12. The van der Waals surface area contributed by atoms with Crippen LogP contribution in [0.5, 0.6) is 0 Å². The quantitative estimate of drug-likeness (QED) is 0.681. The number of aromatic nitrogens is 1. The molecule has 2 rings (SSSR count). The molecule has 0 fully saturated rings. The Morgan fingerprint density at radius 2 is 2.05 bits per heavy atom. The summed E-state index contributed by atoms with van der Waals surface area (Å²) >= 11 is 0. The standard InChI is InChI=1S/C13H17BN2O2.C2H6/c1-13(2,3)18-12(17)16-5-4-11-9(8-16)6-10(14)7-15-11;1-2/h6-7H,4-5,8H2,1-3H3;1-2H3. The Labute approximate surface area is 122 Å². The molecular formula is C15H23BN2O2. The Hall–Kier alpha value is -1.52. The van der Waals surface area contributed by atoms with Gasteiger partial charge in [-0.15, -0.1) is 0 Å². The van der Waals surface area contributed by atoms with E-state index in [4.69, 9.17) is 12.6 Å².